The molecular formula is C15H15FN2O2. The van der Waals surface area contributed by atoms with Gasteiger partial charge in [0, 0.05) is 18.7 Å². The van der Waals surface area contributed by atoms with Gasteiger partial charge in [-0.25, -0.2) is 4.39 Å². The van der Waals surface area contributed by atoms with Gasteiger partial charge < -0.3 is 15.8 Å². The lowest BCUT2D eigenvalue weighted by Gasteiger charge is -2.10. The molecule has 0 unspecified atom stereocenters. The third-order valence-electron chi connectivity index (χ3n) is 2.87. The van der Waals surface area contributed by atoms with Gasteiger partial charge in [-0.2, -0.15) is 0 Å². The molecule has 0 heterocycles. The van der Waals surface area contributed by atoms with E-state index in [0.717, 1.165) is 0 Å². The average Bonchev–Trinajstić information content (AvgIpc) is 2.44. The van der Waals surface area contributed by atoms with Crippen molar-refractivity contribution in [3.05, 3.63) is 53.3 Å². The molecule has 2 aromatic carbocycles. The minimum absolute atomic E-state index is 0.245. The van der Waals surface area contributed by atoms with E-state index >= 15 is 0 Å². The molecule has 20 heavy (non-hydrogen) atoms. The Morgan fingerprint density at radius 3 is 2.65 bits per heavy atom. The number of amides is 1. The molecule has 0 saturated carbocycles. The molecule has 0 atom stereocenters. The van der Waals surface area contributed by atoms with E-state index in [1.165, 1.54) is 19.2 Å². The van der Waals surface area contributed by atoms with Crippen molar-refractivity contribution >= 4 is 11.6 Å². The van der Waals surface area contributed by atoms with Crippen molar-refractivity contribution in [2.24, 2.45) is 0 Å². The highest BCUT2D eigenvalue weighted by molar-refractivity contribution is 5.95. The molecule has 0 aliphatic heterocycles. The molecule has 104 valence electrons. The minimum atomic E-state index is -0.358. The second kappa shape index (κ2) is 5.61. The van der Waals surface area contributed by atoms with E-state index in [9.17, 15) is 9.18 Å². The number of nitrogens with two attached hydrogens (primary N) is 1. The molecular weight excluding hydrogens is 259 g/mol. The number of rotatable bonds is 3. The second-order valence-corrected chi connectivity index (χ2v) is 4.34. The molecule has 0 bridgehead atoms. The maximum atomic E-state index is 13.5. The monoisotopic (exact) mass is 274 g/mol. The summed E-state index contributed by atoms with van der Waals surface area (Å²) in [5.74, 6) is 0.0386. The molecule has 2 rings (SSSR count). The number of hydrogen-bond donors (Lipinski definition) is 2. The smallest absolute Gasteiger partial charge is 0.251 e. The zero-order valence-electron chi connectivity index (χ0n) is 11.2. The molecule has 1 amide bonds. The first-order valence-electron chi connectivity index (χ1n) is 6.07. The first kappa shape index (κ1) is 13.9. The minimum Gasteiger partial charge on any atom is -0.455 e. The Labute approximate surface area is 116 Å². The van der Waals surface area contributed by atoms with Crippen molar-refractivity contribution in [3.8, 4) is 11.5 Å². The third kappa shape index (κ3) is 2.88. The standard InChI is InChI=1S/C15H15FN2O2/c1-9-3-5-11(8-12(9)16)20-14-7-10(15(19)18-2)4-6-13(14)17/h3-8H,17H2,1-2H3,(H,18,19). The van der Waals surface area contributed by atoms with Gasteiger partial charge in [0.15, 0.2) is 5.75 Å². The summed E-state index contributed by atoms with van der Waals surface area (Å²) in [5, 5.41) is 2.51. The number of anilines is 1. The largest absolute Gasteiger partial charge is 0.455 e. The zero-order chi connectivity index (χ0) is 14.7. The highest BCUT2D eigenvalue weighted by Gasteiger charge is 2.09. The molecule has 5 heteroatoms. The summed E-state index contributed by atoms with van der Waals surface area (Å²) in [4.78, 5) is 11.6. The van der Waals surface area contributed by atoms with Gasteiger partial charge in [0.1, 0.15) is 11.6 Å². The normalized spacial score (nSPS) is 10.2. The lowest BCUT2D eigenvalue weighted by molar-refractivity contribution is 0.0963. The summed E-state index contributed by atoms with van der Waals surface area (Å²) in [6.07, 6.45) is 0. The zero-order valence-corrected chi connectivity index (χ0v) is 11.2. The van der Waals surface area contributed by atoms with E-state index in [2.05, 4.69) is 5.32 Å². The van der Waals surface area contributed by atoms with Crippen molar-refractivity contribution < 1.29 is 13.9 Å². The molecule has 3 N–H and O–H groups in total. The Morgan fingerprint density at radius 1 is 1.25 bits per heavy atom. The quantitative estimate of drug-likeness (QED) is 0.846. The molecule has 2 aromatic rings. The number of carbonyl (C=O) groups is 1. The van der Waals surface area contributed by atoms with E-state index in [4.69, 9.17) is 10.5 Å². The SMILES string of the molecule is CNC(=O)c1ccc(N)c(Oc2ccc(C)c(F)c2)c1. The first-order valence-corrected chi connectivity index (χ1v) is 6.07. The Hall–Kier alpha value is -2.56. The Morgan fingerprint density at radius 2 is 2.00 bits per heavy atom. The van der Waals surface area contributed by atoms with Gasteiger partial charge >= 0.3 is 0 Å². The molecule has 0 saturated heterocycles. The van der Waals surface area contributed by atoms with Crippen LogP contribution in [0, 0.1) is 12.7 Å². The van der Waals surface area contributed by atoms with Crippen LogP contribution >= 0.6 is 0 Å². The third-order valence-corrected chi connectivity index (χ3v) is 2.87. The lowest BCUT2D eigenvalue weighted by Crippen LogP contribution is -2.17. The number of aryl methyl sites for hydroxylation is 1. The van der Waals surface area contributed by atoms with Crippen LogP contribution in [0.5, 0.6) is 11.5 Å². The summed E-state index contributed by atoms with van der Waals surface area (Å²) < 4.78 is 19.0. The van der Waals surface area contributed by atoms with E-state index in [1.807, 2.05) is 0 Å². The molecule has 4 nitrogen and oxygen atoms in total. The van der Waals surface area contributed by atoms with Crippen molar-refractivity contribution in [1.82, 2.24) is 5.32 Å². The molecule has 0 radical (unpaired) electrons. The fraction of sp³-hybridized carbons (Fsp3) is 0.133. The van der Waals surface area contributed by atoms with Crippen LogP contribution in [0.25, 0.3) is 0 Å². The van der Waals surface area contributed by atoms with Crippen LogP contribution in [-0.4, -0.2) is 13.0 Å². The number of nitrogen functional groups attached to an aromatic ring is 1. The van der Waals surface area contributed by atoms with Gasteiger partial charge in [-0.3, -0.25) is 4.79 Å². The molecule has 0 aliphatic carbocycles. The molecule has 0 aliphatic rings. The Kier molecular flexibility index (Phi) is 3.89. The lowest BCUT2D eigenvalue weighted by atomic mass is 10.1. The van der Waals surface area contributed by atoms with Crippen molar-refractivity contribution in [2.45, 2.75) is 6.92 Å². The molecule has 0 spiro atoms. The number of hydrogen-bond acceptors (Lipinski definition) is 3. The van der Waals surface area contributed by atoms with Crippen LogP contribution in [0.15, 0.2) is 36.4 Å². The van der Waals surface area contributed by atoms with Crippen LogP contribution < -0.4 is 15.8 Å². The highest BCUT2D eigenvalue weighted by atomic mass is 19.1. The highest BCUT2D eigenvalue weighted by Crippen LogP contribution is 2.29. The number of carbonyl (C=O) groups excluding carboxylic acids is 1. The number of benzene rings is 2. The Bertz CT molecular complexity index is 656. The summed E-state index contributed by atoms with van der Waals surface area (Å²) in [6, 6.07) is 9.22. The van der Waals surface area contributed by atoms with Gasteiger partial charge in [0.05, 0.1) is 5.69 Å². The topological polar surface area (TPSA) is 64.4 Å². The van der Waals surface area contributed by atoms with Crippen molar-refractivity contribution in [3.63, 3.8) is 0 Å². The van der Waals surface area contributed by atoms with Crippen molar-refractivity contribution in [2.75, 3.05) is 12.8 Å². The van der Waals surface area contributed by atoms with Gasteiger partial charge in [-0.05, 0) is 36.8 Å². The van der Waals surface area contributed by atoms with Crippen LogP contribution in [0.3, 0.4) is 0 Å². The summed E-state index contributed by atoms with van der Waals surface area (Å²) in [7, 11) is 1.54. The van der Waals surface area contributed by atoms with Crippen LogP contribution in [-0.2, 0) is 0 Å². The second-order valence-electron chi connectivity index (χ2n) is 4.34. The summed E-state index contributed by atoms with van der Waals surface area (Å²) >= 11 is 0. The fourth-order valence-corrected chi connectivity index (χ4v) is 1.67. The predicted octanol–water partition coefficient (Wildman–Crippen LogP) is 2.87. The average molecular weight is 274 g/mol. The van der Waals surface area contributed by atoms with E-state index in [-0.39, 0.29) is 11.7 Å². The van der Waals surface area contributed by atoms with Gasteiger partial charge in [-0.1, -0.05) is 6.07 Å². The van der Waals surface area contributed by atoms with Crippen LogP contribution in [0.4, 0.5) is 10.1 Å². The van der Waals surface area contributed by atoms with Gasteiger partial charge in [-0.15, -0.1) is 0 Å². The van der Waals surface area contributed by atoms with Gasteiger partial charge in [0.2, 0.25) is 0 Å². The maximum absolute atomic E-state index is 13.5. The molecule has 0 fully saturated rings. The Balaban J connectivity index is 2.32. The molecule has 0 aromatic heterocycles. The number of ether oxygens (including phenoxy) is 1. The van der Waals surface area contributed by atoms with E-state index < -0.39 is 0 Å². The van der Waals surface area contributed by atoms with E-state index in [0.29, 0.717) is 28.3 Å². The van der Waals surface area contributed by atoms with Crippen LogP contribution in [0.1, 0.15) is 15.9 Å². The van der Waals surface area contributed by atoms with Gasteiger partial charge in [0.25, 0.3) is 5.91 Å². The van der Waals surface area contributed by atoms with Crippen molar-refractivity contribution in [1.29, 1.82) is 0 Å². The number of halogens is 1. The summed E-state index contributed by atoms with van der Waals surface area (Å²) in [6.45, 7) is 1.67. The first-order chi connectivity index (χ1) is 9.51. The van der Waals surface area contributed by atoms with Crippen LogP contribution in [0.2, 0.25) is 0 Å². The summed E-state index contributed by atoms with van der Waals surface area (Å²) in [5.41, 5.74) is 7.12. The predicted molar refractivity (Wildman–Crippen MR) is 75.5 cm³/mol. The fourth-order valence-electron chi connectivity index (χ4n) is 1.67. The van der Waals surface area contributed by atoms with E-state index in [1.54, 1.807) is 31.2 Å². The number of nitrogens with one attached hydrogen (secondary N) is 1. The maximum Gasteiger partial charge on any atom is 0.251 e.